The third-order valence-electron chi connectivity index (χ3n) is 3.60. The maximum atomic E-state index is 12.0. The van der Waals surface area contributed by atoms with Crippen LogP contribution in [0.15, 0.2) is 0 Å². The van der Waals surface area contributed by atoms with E-state index in [0.29, 0.717) is 13.2 Å². The van der Waals surface area contributed by atoms with Crippen molar-refractivity contribution in [1.82, 2.24) is 4.90 Å². The molecule has 1 rings (SSSR count). The smallest absolute Gasteiger partial charge is 0.410 e. The molecule has 0 aromatic heterocycles. The summed E-state index contributed by atoms with van der Waals surface area (Å²) in [6, 6.07) is 0. The molecule has 0 unspecified atom stereocenters. The molecule has 1 fully saturated rings. The van der Waals surface area contributed by atoms with E-state index in [1.165, 1.54) is 0 Å². The summed E-state index contributed by atoms with van der Waals surface area (Å²) in [5.41, 5.74) is 5.38. The van der Waals surface area contributed by atoms with Gasteiger partial charge in [0.1, 0.15) is 5.60 Å². The molecular weight excluding hydrogens is 244 g/mol. The van der Waals surface area contributed by atoms with Gasteiger partial charge in [0.05, 0.1) is 6.61 Å². The average Bonchev–Trinajstić information content (AvgIpc) is 2.28. The number of rotatable bonds is 4. The molecule has 0 aliphatic carbocycles. The molecular formula is C14H28N2O3. The predicted molar refractivity (Wildman–Crippen MR) is 75.0 cm³/mol. The summed E-state index contributed by atoms with van der Waals surface area (Å²) in [6.07, 6.45) is 2.59. The molecule has 1 amide bonds. The fraction of sp³-hybridized carbons (Fsp3) is 0.929. The monoisotopic (exact) mass is 272 g/mol. The molecule has 0 aromatic rings. The van der Waals surface area contributed by atoms with Crippen LogP contribution in [0.2, 0.25) is 0 Å². The highest BCUT2D eigenvalue weighted by molar-refractivity contribution is 5.68. The lowest BCUT2D eigenvalue weighted by molar-refractivity contribution is -0.00874. The van der Waals surface area contributed by atoms with E-state index in [-0.39, 0.29) is 11.5 Å². The molecule has 0 saturated carbocycles. The first-order valence-corrected chi connectivity index (χ1v) is 6.99. The number of nitrogens with zero attached hydrogens (tertiary/aromatic N) is 1. The van der Waals surface area contributed by atoms with Crippen molar-refractivity contribution in [3.63, 3.8) is 0 Å². The Morgan fingerprint density at radius 1 is 1.32 bits per heavy atom. The minimum absolute atomic E-state index is 0.127. The maximum Gasteiger partial charge on any atom is 0.410 e. The van der Waals surface area contributed by atoms with Gasteiger partial charge < -0.3 is 20.1 Å². The quantitative estimate of drug-likeness (QED) is 0.850. The first kappa shape index (κ1) is 16.2. The predicted octanol–water partition coefficient (Wildman–Crippen LogP) is 2.00. The third kappa shape index (κ3) is 4.99. The number of carbonyl (C=O) groups is 1. The SMILES string of the molecule is COCC1(CCN)CCN(C(=O)OC(C)(C)C)CC1. The number of piperidine rings is 1. The van der Waals surface area contributed by atoms with Crippen LogP contribution in [0.3, 0.4) is 0 Å². The minimum atomic E-state index is -0.435. The van der Waals surface area contributed by atoms with Gasteiger partial charge in [0.15, 0.2) is 0 Å². The number of carbonyl (C=O) groups excluding carboxylic acids is 1. The second-order valence-electron chi connectivity index (χ2n) is 6.44. The van der Waals surface area contributed by atoms with Gasteiger partial charge in [-0.25, -0.2) is 4.79 Å². The standard InChI is InChI=1S/C14H28N2O3/c1-13(2,3)19-12(17)16-9-6-14(5-8-15,7-10-16)11-18-4/h5-11,15H2,1-4H3. The Morgan fingerprint density at radius 3 is 2.32 bits per heavy atom. The van der Waals surface area contributed by atoms with Crippen molar-refractivity contribution in [1.29, 1.82) is 0 Å². The second kappa shape index (κ2) is 6.57. The van der Waals surface area contributed by atoms with Crippen molar-refractivity contribution in [2.24, 2.45) is 11.1 Å². The van der Waals surface area contributed by atoms with Crippen LogP contribution in [0.25, 0.3) is 0 Å². The molecule has 112 valence electrons. The number of hydrogen-bond donors (Lipinski definition) is 1. The Labute approximate surface area is 116 Å². The van der Waals surface area contributed by atoms with Gasteiger partial charge in [0.25, 0.3) is 0 Å². The Bertz CT molecular complexity index is 284. The van der Waals surface area contributed by atoms with E-state index in [1.807, 2.05) is 20.8 Å². The van der Waals surface area contributed by atoms with Crippen molar-refractivity contribution in [2.75, 3.05) is 33.4 Å². The number of nitrogens with two attached hydrogens (primary N) is 1. The molecule has 19 heavy (non-hydrogen) atoms. The molecule has 0 aromatic carbocycles. The lowest BCUT2D eigenvalue weighted by Gasteiger charge is -2.41. The number of amides is 1. The van der Waals surface area contributed by atoms with Gasteiger partial charge in [-0.05, 0) is 52.0 Å². The Hall–Kier alpha value is -0.810. The topological polar surface area (TPSA) is 64.8 Å². The van der Waals surface area contributed by atoms with Crippen molar-refractivity contribution in [3.8, 4) is 0 Å². The Balaban J connectivity index is 2.53. The van der Waals surface area contributed by atoms with E-state index in [4.69, 9.17) is 15.2 Å². The van der Waals surface area contributed by atoms with Crippen LogP contribution in [-0.4, -0.2) is 49.9 Å². The Morgan fingerprint density at radius 2 is 1.89 bits per heavy atom. The largest absolute Gasteiger partial charge is 0.444 e. The molecule has 0 bridgehead atoms. The van der Waals surface area contributed by atoms with Gasteiger partial charge in [0, 0.05) is 20.2 Å². The van der Waals surface area contributed by atoms with E-state index in [1.54, 1.807) is 12.0 Å². The van der Waals surface area contributed by atoms with Crippen LogP contribution in [0.1, 0.15) is 40.0 Å². The Kier molecular flexibility index (Phi) is 5.62. The summed E-state index contributed by atoms with van der Waals surface area (Å²) in [7, 11) is 1.72. The highest BCUT2D eigenvalue weighted by Gasteiger charge is 2.36. The number of methoxy groups -OCH3 is 1. The lowest BCUT2D eigenvalue weighted by Crippen LogP contribution is -2.47. The van der Waals surface area contributed by atoms with Gasteiger partial charge >= 0.3 is 6.09 Å². The molecule has 1 aliphatic rings. The normalized spacial score (nSPS) is 19.3. The fourth-order valence-electron chi connectivity index (χ4n) is 2.57. The summed E-state index contributed by atoms with van der Waals surface area (Å²) in [6.45, 7) is 8.48. The van der Waals surface area contributed by atoms with Crippen LogP contribution in [0.4, 0.5) is 4.79 Å². The number of ether oxygens (including phenoxy) is 2. The van der Waals surface area contributed by atoms with E-state index in [9.17, 15) is 4.79 Å². The molecule has 1 saturated heterocycles. The lowest BCUT2D eigenvalue weighted by atomic mass is 9.76. The van der Waals surface area contributed by atoms with Crippen LogP contribution in [-0.2, 0) is 9.47 Å². The molecule has 0 spiro atoms. The van der Waals surface area contributed by atoms with Crippen molar-refractivity contribution in [3.05, 3.63) is 0 Å². The maximum absolute atomic E-state index is 12.0. The average molecular weight is 272 g/mol. The number of hydrogen-bond acceptors (Lipinski definition) is 4. The van der Waals surface area contributed by atoms with E-state index >= 15 is 0 Å². The van der Waals surface area contributed by atoms with Crippen LogP contribution >= 0.6 is 0 Å². The van der Waals surface area contributed by atoms with E-state index in [2.05, 4.69) is 0 Å². The highest BCUT2D eigenvalue weighted by atomic mass is 16.6. The zero-order chi connectivity index (χ0) is 14.5. The summed E-state index contributed by atoms with van der Waals surface area (Å²) in [5, 5.41) is 0. The van der Waals surface area contributed by atoms with Crippen molar-refractivity contribution < 1.29 is 14.3 Å². The molecule has 0 radical (unpaired) electrons. The van der Waals surface area contributed by atoms with Crippen molar-refractivity contribution >= 4 is 6.09 Å². The fourth-order valence-corrected chi connectivity index (χ4v) is 2.57. The molecule has 5 nitrogen and oxygen atoms in total. The van der Waals surface area contributed by atoms with Crippen LogP contribution in [0.5, 0.6) is 0 Å². The van der Waals surface area contributed by atoms with E-state index in [0.717, 1.165) is 32.4 Å². The van der Waals surface area contributed by atoms with Gasteiger partial charge in [-0.15, -0.1) is 0 Å². The first-order chi connectivity index (χ1) is 8.82. The van der Waals surface area contributed by atoms with Gasteiger partial charge in [-0.1, -0.05) is 0 Å². The highest BCUT2D eigenvalue weighted by Crippen LogP contribution is 2.35. The third-order valence-corrected chi connectivity index (χ3v) is 3.60. The molecule has 1 heterocycles. The zero-order valence-corrected chi connectivity index (χ0v) is 12.7. The summed E-state index contributed by atoms with van der Waals surface area (Å²) >= 11 is 0. The molecule has 2 N–H and O–H groups in total. The first-order valence-electron chi connectivity index (χ1n) is 6.99. The van der Waals surface area contributed by atoms with Gasteiger partial charge in [-0.2, -0.15) is 0 Å². The minimum Gasteiger partial charge on any atom is -0.444 e. The summed E-state index contributed by atoms with van der Waals surface area (Å²) < 4.78 is 10.7. The second-order valence-corrected chi connectivity index (χ2v) is 6.44. The summed E-state index contributed by atoms with van der Waals surface area (Å²) in [5.74, 6) is 0. The molecule has 0 atom stereocenters. The van der Waals surface area contributed by atoms with Crippen molar-refractivity contribution in [2.45, 2.75) is 45.6 Å². The molecule has 5 heteroatoms. The van der Waals surface area contributed by atoms with Gasteiger partial charge in [0.2, 0.25) is 0 Å². The zero-order valence-electron chi connectivity index (χ0n) is 12.7. The summed E-state index contributed by atoms with van der Waals surface area (Å²) in [4.78, 5) is 13.8. The van der Waals surface area contributed by atoms with E-state index < -0.39 is 5.60 Å². The number of likely N-dealkylation sites (tertiary alicyclic amines) is 1. The van der Waals surface area contributed by atoms with Gasteiger partial charge in [-0.3, -0.25) is 0 Å². The molecule has 1 aliphatic heterocycles. The van der Waals surface area contributed by atoms with Crippen LogP contribution in [0, 0.1) is 5.41 Å². The van der Waals surface area contributed by atoms with Crippen LogP contribution < -0.4 is 5.73 Å².